The van der Waals surface area contributed by atoms with Crippen LogP contribution in [0.4, 0.5) is 5.82 Å². The highest BCUT2D eigenvalue weighted by molar-refractivity contribution is 5.76. The highest BCUT2D eigenvalue weighted by Gasteiger charge is 2.14. The van der Waals surface area contributed by atoms with Crippen molar-refractivity contribution in [1.29, 1.82) is 0 Å². The van der Waals surface area contributed by atoms with Gasteiger partial charge in [0.05, 0.1) is 0 Å². The normalized spacial score (nSPS) is 15.2. The minimum absolute atomic E-state index is 0.0481. The smallest absolute Gasteiger partial charge is 0.220 e. The van der Waals surface area contributed by atoms with E-state index < -0.39 is 0 Å². The fraction of sp³-hybridized carbons (Fsp3) is 0.421. The molecule has 0 radical (unpaired) electrons. The molecule has 0 saturated carbocycles. The monoisotopic (exact) mass is 339 g/mol. The van der Waals surface area contributed by atoms with Gasteiger partial charge in [-0.25, -0.2) is 4.98 Å². The third-order valence-electron chi connectivity index (χ3n) is 4.49. The highest BCUT2D eigenvalue weighted by atomic mass is 16.1. The van der Waals surface area contributed by atoms with Gasteiger partial charge in [0, 0.05) is 57.7 Å². The molecule has 25 heavy (non-hydrogen) atoms. The van der Waals surface area contributed by atoms with Gasteiger partial charge >= 0.3 is 0 Å². The predicted octanol–water partition coefficient (Wildman–Crippen LogP) is 1.48. The van der Waals surface area contributed by atoms with Gasteiger partial charge in [0.1, 0.15) is 5.82 Å². The number of carbonyl (C=O) groups is 1. The molecule has 0 aliphatic carbocycles. The molecule has 2 aromatic heterocycles. The molecule has 6 heteroatoms. The molecular weight excluding hydrogens is 314 g/mol. The lowest BCUT2D eigenvalue weighted by Gasteiger charge is -2.33. The summed E-state index contributed by atoms with van der Waals surface area (Å²) >= 11 is 0. The zero-order valence-corrected chi connectivity index (χ0v) is 14.7. The van der Waals surface area contributed by atoms with E-state index in [2.05, 4.69) is 32.1 Å². The number of hydrogen-bond donors (Lipinski definition) is 1. The van der Waals surface area contributed by atoms with Crippen LogP contribution in [0.15, 0.2) is 42.9 Å². The number of pyridine rings is 2. The molecule has 0 aromatic carbocycles. The number of hydrogen-bond acceptors (Lipinski definition) is 5. The Bertz CT molecular complexity index is 666. The van der Waals surface area contributed by atoms with Crippen LogP contribution < -0.4 is 10.2 Å². The second-order valence-corrected chi connectivity index (χ2v) is 6.45. The van der Waals surface area contributed by atoms with Crippen LogP contribution in [0.25, 0.3) is 0 Å². The number of carbonyl (C=O) groups excluding carboxylic acids is 1. The topological polar surface area (TPSA) is 61.4 Å². The Morgan fingerprint density at radius 3 is 2.64 bits per heavy atom. The maximum absolute atomic E-state index is 12.0. The summed E-state index contributed by atoms with van der Waals surface area (Å²) in [6.07, 6.45) is 6.57. The van der Waals surface area contributed by atoms with Gasteiger partial charge in [-0.05, 0) is 36.7 Å². The van der Waals surface area contributed by atoms with Crippen LogP contribution in [0.2, 0.25) is 0 Å². The van der Waals surface area contributed by atoms with E-state index in [0.29, 0.717) is 19.4 Å². The first-order chi connectivity index (χ1) is 12.2. The standard InChI is InChI=1S/C19H25N5O/c1-23-9-11-24(12-10-23)18-6-4-17(14-21-18)15-22-19(25)7-5-16-3-2-8-20-13-16/h2-4,6,8,13-14H,5,7,9-12,15H2,1H3,(H,22,25). The van der Waals surface area contributed by atoms with Crippen molar-refractivity contribution in [2.24, 2.45) is 0 Å². The van der Waals surface area contributed by atoms with E-state index >= 15 is 0 Å². The first-order valence-corrected chi connectivity index (χ1v) is 8.75. The van der Waals surface area contributed by atoms with E-state index in [0.717, 1.165) is 43.1 Å². The van der Waals surface area contributed by atoms with Gasteiger partial charge in [-0.1, -0.05) is 12.1 Å². The maximum atomic E-state index is 12.0. The van der Waals surface area contributed by atoms with Gasteiger partial charge in [0.2, 0.25) is 5.91 Å². The fourth-order valence-electron chi connectivity index (χ4n) is 2.84. The average molecular weight is 339 g/mol. The molecule has 3 rings (SSSR count). The van der Waals surface area contributed by atoms with Gasteiger partial charge in [-0.3, -0.25) is 9.78 Å². The molecule has 1 aliphatic rings. The Morgan fingerprint density at radius 2 is 1.96 bits per heavy atom. The summed E-state index contributed by atoms with van der Waals surface area (Å²) in [7, 11) is 2.14. The summed E-state index contributed by atoms with van der Waals surface area (Å²) < 4.78 is 0. The molecule has 0 spiro atoms. The van der Waals surface area contributed by atoms with Crippen LogP contribution in [0.5, 0.6) is 0 Å². The SMILES string of the molecule is CN1CCN(c2ccc(CNC(=O)CCc3cccnc3)cn2)CC1. The second-order valence-electron chi connectivity index (χ2n) is 6.45. The van der Waals surface area contributed by atoms with Gasteiger partial charge in [0.25, 0.3) is 0 Å². The van der Waals surface area contributed by atoms with Gasteiger partial charge in [0.15, 0.2) is 0 Å². The van der Waals surface area contributed by atoms with Gasteiger partial charge in [-0.2, -0.15) is 0 Å². The van der Waals surface area contributed by atoms with Crippen molar-refractivity contribution >= 4 is 11.7 Å². The summed E-state index contributed by atoms with van der Waals surface area (Å²) in [4.78, 5) is 25.2. The Labute approximate surface area is 148 Å². The summed E-state index contributed by atoms with van der Waals surface area (Å²) in [5, 5.41) is 2.95. The van der Waals surface area contributed by atoms with Crippen LogP contribution in [0.1, 0.15) is 17.5 Å². The third kappa shape index (κ3) is 5.26. The summed E-state index contributed by atoms with van der Waals surface area (Å²) in [5.41, 5.74) is 2.10. The minimum Gasteiger partial charge on any atom is -0.354 e. The Morgan fingerprint density at radius 1 is 1.12 bits per heavy atom. The molecule has 0 atom stereocenters. The lowest BCUT2D eigenvalue weighted by atomic mass is 10.1. The number of rotatable bonds is 6. The molecule has 1 aliphatic heterocycles. The largest absolute Gasteiger partial charge is 0.354 e. The van der Waals surface area contributed by atoms with Crippen molar-refractivity contribution in [2.75, 3.05) is 38.1 Å². The highest BCUT2D eigenvalue weighted by Crippen LogP contribution is 2.13. The van der Waals surface area contributed by atoms with Crippen molar-refractivity contribution in [1.82, 2.24) is 20.2 Å². The van der Waals surface area contributed by atoms with Crippen LogP contribution >= 0.6 is 0 Å². The molecular formula is C19H25N5O. The number of anilines is 1. The quantitative estimate of drug-likeness (QED) is 0.864. The summed E-state index contributed by atoms with van der Waals surface area (Å²) in [6, 6.07) is 7.96. The second kappa shape index (κ2) is 8.58. The molecule has 132 valence electrons. The van der Waals surface area contributed by atoms with E-state index in [1.165, 1.54) is 0 Å². The Hall–Kier alpha value is -2.47. The van der Waals surface area contributed by atoms with Crippen LogP contribution in [-0.2, 0) is 17.8 Å². The van der Waals surface area contributed by atoms with Crippen molar-refractivity contribution in [2.45, 2.75) is 19.4 Å². The first-order valence-electron chi connectivity index (χ1n) is 8.75. The van der Waals surface area contributed by atoms with Crippen molar-refractivity contribution in [3.05, 3.63) is 54.0 Å². The predicted molar refractivity (Wildman–Crippen MR) is 98.4 cm³/mol. The molecule has 6 nitrogen and oxygen atoms in total. The number of nitrogens with zero attached hydrogens (tertiary/aromatic N) is 4. The van der Waals surface area contributed by atoms with E-state index in [4.69, 9.17) is 0 Å². The zero-order valence-electron chi connectivity index (χ0n) is 14.7. The van der Waals surface area contributed by atoms with Crippen molar-refractivity contribution < 1.29 is 4.79 Å². The van der Waals surface area contributed by atoms with Gasteiger partial charge < -0.3 is 15.1 Å². The molecule has 0 unspecified atom stereocenters. The van der Waals surface area contributed by atoms with E-state index in [1.54, 1.807) is 12.4 Å². The number of piperazine rings is 1. The molecule has 3 heterocycles. The maximum Gasteiger partial charge on any atom is 0.220 e. The first kappa shape index (κ1) is 17.4. The molecule has 1 amide bonds. The van der Waals surface area contributed by atoms with E-state index in [1.807, 2.05) is 30.5 Å². The lowest BCUT2D eigenvalue weighted by molar-refractivity contribution is -0.121. The summed E-state index contributed by atoms with van der Waals surface area (Å²) in [6.45, 7) is 4.66. The number of aromatic nitrogens is 2. The van der Waals surface area contributed by atoms with Crippen LogP contribution in [0.3, 0.4) is 0 Å². The molecule has 1 fully saturated rings. The third-order valence-corrected chi connectivity index (χ3v) is 4.49. The zero-order chi connectivity index (χ0) is 17.5. The molecule has 1 saturated heterocycles. The average Bonchev–Trinajstić information content (AvgIpc) is 2.67. The Kier molecular flexibility index (Phi) is 5.95. The number of amides is 1. The van der Waals surface area contributed by atoms with Crippen LogP contribution in [-0.4, -0.2) is 54.0 Å². The molecule has 1 N–H and O–H groups in total. The van der Waals surface area contributed by atoms with Crippen molar-refractivity contribution in [3.8, 4) is 0 Å². The Balaban J connectivity index is 1.43. The summed E-state index contributed by atoms with van der Waals surface area (Å²) in [5.74, 6) is 1.06. The van der Waals surface area contributed by atoms with Gasteiger partial charge in [-0.15, -0.1) is 0 Å². The lowest BCUT2D eigenvalue weighted by Crippen LogP contribution is -2.44. The molecule has 2 aromatic rings. The fourth-order valence-corrected chi connectivity index (χ4v) is 2.84. The number of aryl methyl sites for hydroxylation is 1. The van der Waals surface area contributed by atoms with E-state index in [-0.39, 0.29) is 5.91 Å². The van der Waals surface area contributed by atoms with E-state index in [9.17, 15) is 4.79 Å². The minimum atomic E-state index is 0.0481. The number of likely N-dealkylation sites (N-methyl/N-ethyl adjacent to an activating group) is 1. The van der Waals surface area contributed by atoms with Crippen LogP contribution in [0, 0.1) is 0 Å². The molecule has 0 bridgehead atoms. The van der Waals surface area contributed by atoms with Crippen molar-refractivity contribution in [3.63, 3.8) is 0 Å². The number of nitrogens with one attached hydrogen (secondary N) is 1.